The first kappa shape index (κ1) is 20.3. The van der Waals surface area contributed by atoms with Crippen LogP contribution < -0.4 is 10.5 Å². The van der Waals surface area contributed by atoms with Gasteiger partial charge in [-0.25, -0.2) is 4.79 Å². The van der Waals surface area contributed by atoms with E-state index in [1.807, 2.05) is 36.1 Å². The number of ether oxygens (including phenoxy) is 1. The van der Waals surface area contributed by atoms with Crippen molar-refractivity contribution in [3.05, 3.63) is 77.2 Å². The number of nitrogens with zero attached hydrogens (tertiary/aromatic N) is 4. The van der Waals surface area contributed by atoms with Gasteiger partial charge in [-0.1, -0.05) is 24.3 Å². The third-order valence-electron chi connectivity index (χ3n) is 6.43. The van der Waals surface area contributed by atoms with Crippen molar-refractivity contribution in [1.82, 2.24) is 14.7 Å². The van der Waals surface area contributed by atoms with E-state index in [1.165, 1.54) is 16.4 Å². The molecule has 1 aromatic heterocycles. The normalized spacial score (nSPS) is 19.8. The highest BCUT2D eigenvalue weighted by Crippen LogP contribution is 2.36. The van der Waals surface area contributed by atoms with E-state index >= 15 is 0 Å². The molecule has 32 heavy (non-hydrogen) atoms. The van der Waals surface area contributed by atoms with Crippen LogP contribution >= 0.6 is 0 Å². The average molecular weight is 431 g/mol. The van der Waals surface area contributed by atoms with Gasteiger partial charge in [-0.2, -0.15) is 9.78 Å². The van der Waals surface area contributed by atoms with Gasteiger partial charge in [0.15, 0.2) is 0 Å². The largest absolute Gasteiger partial charge is 0.450 e. The molecule has 2 saturated heterocycles. The standard InChI is InChI=1S/C25H26N4O3/c1-2-32-25(31)27-16-20-13-15-28(23(20)17-27)21-9-5-18(6-10-21)19-7-11-22(12-8-19)29-24(30)4-3-14-26-29/h3-12,14,20,23H,2,13,15-17H2,1H3/t20-,23+/m1/s1. The fourth-order valence-corrected chi connectivity index (χ4v) is 4.84. The smallest absolute Gasteiger partial charge is 0.409 e. The highest BCUT2D eigenvalue weighted by atomic mass is 16.6. The Morgan fingerprint density at radius 3 is 2.34 bits per heavy atom. The Morgan fingerprint density at radius 2 is 1.69 bits per heavy atom. The summed E-state index contributed by atoms with van der Waals surface area (Å²) in [5.41, 5.74) is 3.97. The van der Waals surface area contributed by atoms with E-state index in [0.29, 0.717) is 18.6 Å². The van der Waals surface area contributed by atoms with E-state index in [4.69, 9.17) is 4.74 Å². The van der Waals surface area contributed by atoms with Crippen LogP contribution in [0.15, 0.2) is 71.7 Å². The molecule has 2 atom stereocenters. The summed E-state index contributed by atoms with van der Waals surface area (Å²) in [4.78, 5) is 28.4. The molecular weight excluding hydrogens is 404 g/mol. The van der Waals surface area contributed by atoms with E-state index in [9.17, 15) is 9.59 Å². The number of hydrogen-bond acceptors (Lipinski definition) is 5. The van der Waals surface area contributed by atoms with Crippen LogP contribution in [-0.4, -0.2) is 53.1 Å². The minimum Gasteiger partial charge on any atom is -0.450 e. The van der Waals surface area contributed by atoms with Gasteiger partial charge in [-0.05, 0) is 54.8 Å². The summed E-state index contributed by atoms with van der Waals surface area (Å²) < 4.78 is 6.57. The van der Waals surface area contributed by atoms with Crippen molar-refractivity contribution in [1.29, 1.82) is 0 Å². The molecule has 2 aliphatic heterocycles. The Bertz CT molecular complexity index is 1160. The minimum atomic E-state index is -0.200. The van der Waals surface area contributed by atoms with Crippen LogP contribution in [-0.2, 0) is 4.74 Å². The van der Waals surface area contributed by atoms with Crippen molar-refractivity contribution < 1.29 is 9.53 Å². The van der Waals surface area contributed by atoms with Crippen molar-refractivity contribution in [3.63, 3.8) is 0 Å². The Labute approximate surface area is 186 Å². The Kier molecular flexibility index (Phi) is 5.39. The zero-order chi connectivity index (χ0) is 22.1. The molecule has 0 unspecified atom stereocenters. The lowest BCUT2D eigenvalue weighted by molar-refractivity contribution is 0.113. The van der Waals surface area contributed by atoms with Gasteiger partial charge >= 0.3 is 6.09 Å². The lowest BCUT2D eigenvalue weighted by atomic mass is 10.0. The van der Waals surface area contributed by atoms with E-state index in [-0.39, 0.29) is 11.7 Å². The lowest BCUT2D eigenvalue weighted by Crippen LogP contribution is -2.37. The SMILES string of the molecule is CCOC(=O)N1C[C@H]2CCN(c3ccc(-c4ccc(-n5ncccc5=O)cc4)cc3)[C@H]2C1. The van der Waals surface area contributed by atoms with E-state index < -0.39 is 0 Å². The minimum absolute atomic E-state index is 0.151. The second kappa shape index (κ2) is 8.49. The summed E-state index contributed by atoms with van der Waals surface area (Å²) in [6.45, 7) is 4.77. The van der Waals surface area contributed by atoms with Crippen molar-refractivity contribution in [2.24, 2.45) is 5.92 Å². The Hall–Kier alpha value is -3.61. The number of fused-ring (bicyclic) bond motifs is 1. The molecule has 5 rings (SSSR count). The summed E-state index contributed by atoms with van der Waals surface area (Å²) in [7, 11) is 0. The maximum atomic E-state index is 12.1. The number of amides is 1. The first-order valence-electron chi connectivity index (χ1n) is 11.1. The second-order valence-corrected chi connectivity index (χ2v) is 8.28. The first-order chi connectivity index (χ1) is 15.6. The fraction of sp³-hybridized carbons (Fsp3) is 0.320. The molecule has 0 bridgehead atoms. The van der Waals surface area contributed by atoms with Crippen molar-refractivity contribution >= 4 is 11.8 Å². The van der Waals surface area contributed by atoms with Gasteiger partial charge < -0.3 is 14.5 Å². The van der Waals surface area contributed by atoms with E-state index in [1.54, 1.807) is 12.3 Å². The predicted molar refractivity (Wildman–Crippen MR) is 123 cm³/mol. The van der Waals surface area contributed by atoms with Gasteiger partial charge in [0.25, 0.3) is 5.56 Å². The van der Waals surface area contributed by atoms with E-state index in [0.717, 1.165) is 42.9 Å². The third-order valence-corrected chi connectivity index (χ3v) is 6.43. The van der Waals surface area contributed by atoms with Gasteiger partial charge in [-0.3, -0.25) is 4.79 Å². The van der Waals surface area contributed by atoms with Crippen molar-refractivity contribution in [3.8, 4) is 16.8 Å². The molecular formula is C25H26N4O3. The molecule has 3 heterocycles. The summed E-state index contributed by atoms with van der Waals surface area (Å²) in [6, 6.07) is 19.9. The molecule has 0 N–H and O–H groups in total. The van der Waals surface area contributed by atoms with Crippen LogP contribution in [0.25, 0.3) is 16.8 Å². The quantitative estimate of drug-likeness (QED) is 0.633. The number of rotatable bonds is 4. The number of carbonyl (C=O) groups is 1. The predicted octanol–water partition coefficient (Wildman–Crippen LogP) is 3.57. The molecule has 7 nitrogen and oxygen atoms in total. The molecule has 0 saturated carbocycles. The zero-order valence-corrected chi connectivity index (χ0v) is 18.1. The molecule has 3 aromatic rings. The van der Waals surface area contributed by atoms with Gasteiger partial charge in [0, 0.05) is 43.5 Å². The summed E-state index contributed by atoms with van der Waals surface area (Å²) in [5, 5.41) is 4.13. The molecule has 2 fully saturated rings. The summed E-state index contributed by atoms with van der Waals surface area (Å²) >= 11 is 0. The number of likely N-dealkylation sites (tertiary alicyclic amines) is 1. The van der Waals surface area contributed by atoms with Gasteiger partial charge in [0.2, 0.25) is 0 Å². The maximum Gasteiger partial charge on any atom is 0.409 e. The van der Waals surface area contributed by atoms with Crippen molar-refractivity contribution in [2.45, 2.75) is 19.4 Å². The van der Waals surface area contributed by atoms with Crippen LogP contribution in [0.1, 0.15) is 13.3 Å². The molecule has 7 heteroatoms. The lowest BCUT2D eigenvalue weighted by Gasteiger charge is -2.27. The number of anilines is 1. The Balaban J connectivity index is 1.30. The van der Waals surface area contributed by atoms with Crippen molar-refractivity contribution in [2.75, 3.05) is 31.1 Å². The van der Waals surface area contributed by atoms with Crippen LogP contribution in [0.3, 0.4) is 0 Å². The second-order valence-electron chi connectivity index (χ2n) is 8.28. The fourth-order valence-electron chi connectivity index (χ4n) is 4.84. The van der Waals surface area contributed by atoms with Gasteiger partial charge in [0.1, 0.15) is 0 Å². The third kappa shape index (κ3) is 3.75. The number of carbonyl (C=O) groups excluding carboxylic acids is 1. The molecule has 2 aromatic carbocycles. The highest BCUT2D eigenvalue weighted by molar-refractivity contribution is 5.69. The maximum absolute atomic E-state index is 12.1. The van der Waals surface area contributed by atoms with Gasteiger partial charge in [-0.15, -0.1) is 0 Å². The monoisotopic (exact) mass is 430 g/mol. The topological polar surface area (TPSA) is 67.7 Å². The Morgan fingerprint density at radius 1 is 1.00 bits per heavy atom. The highest BCUT2D eigenvalue weighted by Gasteiger charge is 2.43. The van der Waals surface area contributed by atoms with Crippen LogP contribution in [0.4, 0.5) is 10.5 Å². The van der Waals surface area contributed by atoms with Crippen LogP contribution in [0.5, 0.6) is 0 Å². The summed E-state index contributed by atoms with van der Waals surface area (Å²) in [5.74, 6) is 0.502. The zero-order valence-electron chi connectivity index (χ0n) is 18.1. The summed E-state index contributed by atoms with van der Waals surface area (Å²) in [6.07, 6.45) is 2.50. The molecule has 164 valence electrons. The number of benzene rings is 2. The van der Waals surface area contributed by atoms with Gasteiger partial charge in [0.05, 0.1) is 18.3 Å². The number of hydrogen-bond donors (Lipinski definition) is 0. The average Bonchev–Trinajstić information content (AvgIpc) is 3.41. The molecule has 0 spiro atoms. The molecule has 1 amide bonds. The molecule has 2 aliphatic rings. The molecule has 0 radical (unpaired) electrons. The number of aromatic nitrogens is 2. The van der Waals surface area contributed by atoms with Crippen LogP contribution in [0, 0.1) is 5.92 Å². The molecule has 0 aliphatic carbocycles. The van der Waals surface area contributed by atoms with E-state index in [2.05, 4.69) is 34.3 Å². The first-order valence-corrected chi connectivity index (χ1v) is 11.1. The van der Waals surface area contributed by atoms with Crippen LogP contribution in [0.2, 0.25) is 0 Å².